The van der Waals surface area contributed by atoms with Gasteiger partial charge in [0.25, 0.3) is 0 Å². The summed E-state index contributed by atoms with van der Waals surface area (Å²) >= 11 is 0. The molecule has 6 nitrogen and oxygen atoms in total. The Morgan fingerprint density at radius 2 is 1.86 bits per heavy atom. The number of nitrogens with zero attached hydrogens (tertiary/aromatic N) is 1. The van der Waals surface area contributed by atoms with Gasteiger partial charge in [0.15, 0.2) is 35.7 Å². The number of carbonyl (C=O) groups is 1. The molecule has 1 aromatic heterocycles. The van der Waals surface area contributed by atoms with Crippen LogP contribution in [0.3, 0.4) is 0 Å². The van der Waals surface area contributed by atoms with Gasteiger partial charge in [-0.05, 0) is 54.1 Å². The molecule has 0 spiro atoms. The second kappa shape index (κ2) is 7.30. The number of rotatable bonds is 3. The van der Waals surface area contributed by atoms with Gasteiger partial charge in [-0.1, -0.05) is 6.07 Å². The Morgan fingerprint density at radius 1 is 1.00 bits per heavy atom. The number of aromatic nitrogens is 1. The highest BCUT2D eigenvalue weighted by Gasteiger charge is 2.30. The third-order valence-electron chi connectivity index (χ3n) is 6.81. The molecule has 0 unspecified atom stereocenters. The molecule has 4 aromatic carbocycles. The standard InChI is InChI=1S/C28H19FNO5/c1-32-22-8-7-18-19-5-6-20-24-15(12-23-26(20)34-14-33-23)9-10-30(25(19)24)13-21(18)27(22)35-28(31)16-3-2-4-17(29)11-16/h2-8,11-13H,9-10,14H2,1H3/q+1. The predicted octanol–water partition coefficient (Wildman–Crippen LogP) is 5.09. The maximum Gasteiger partial charge on any atom is 0.343 e. The van der Waals surface area contributed by atoms with Crippen LogP contribution in [-0.2, 0) is 13.0 Å². The zero-order valence-corrected chi connectivity index (χ0v) is 18.8. The van der Waals surface area contributed by atoms with E-state index in [1.807, 2.05) is 12.3 Å². The van der Waals surface area contributed by atoms with Crippen LogP contribution in [0.4, 0.5) is 4.39 Å². The molecule has 0 saturated heterocycles. The van der Waals surface area contributed by atoms with Crippen LogP contribution in [-0.4, -0.2) is 19.9 Å². The number of aryl methyl sites for hydroxylation is 2. The topological polar surface area (TPSA) is 57.9 Å². The number of pyridine rings is 1. The molecule has 2 aliphatic heterocycles. The Bertz CT molecular complexity index is 1730. The summed E-state index contributed by atoms with van der Waals surface area (Å²) in [5, 5.41) is 4.87. The molecule has 35 heavy (non-hydrogen) atoms. The van der Waals surface area contributed by atoms with Crippen molar-refractivity contribution in [3.63, 3.8) is 0 Å². The highest BCUT2D eigenvalue weighted by molar-refractivity contribution is 6.17. The van der Waals surface area contributed by atoms with E-state index in [1.54, 1.807) is 6.07 Å². The Morgan fingerprint density at radius 3 is 2.71 bits per heavy atom. The molecular formula is C28H19FNO5+. The van der Waals surface area contributed by atoms with E-state index in [9.17, 15) is 9.18 Å². The number of methoxy groups -OCH3 is 1. The molecule has 5 aromatic rings. The van der Waals surface area contributed by atoms with Crippen molar-refractivity contribution in [2.75, 3.05) is 13.9 Å². The lowest BCUT2D eigenvalue weighted by atomic mass is 9.93. The lowest BCUT2D eigenvalue weighted by Gasteiger charge is -2.18. The normalized spacial score (nSPS) is 13.7. The summed E-state index contributed by atoms with van der Waals surface area (Å²) in [7, 11) is 1.53. The number of hydrogen-bond donors (Lipinski definition) is 0. The van der Waals surface area contributed by atoms with E-state index in [4.69, 9.17) is 18.9 Å². The van der Waals surface area contributed by atoms with Crippen molar-refractivity contribution in [2.45, 2.75) is 13.0 Å². The van der Waals surface area contributed by atoms with Gasteiger partial charge >= 0.3 is 5.97 Å². The van der Waals surface area contributed by atoms with Crippen molar-refractivity contribution in [1.29, 1.82) is 0 Å². The summed E-state index contributed by atoms with van der Waals surface area (Å²) in [4.78, 5) is 12.9. The zero-order chi connectivity index (χ0) is 23.7. The van der Waals surface area contributed by atoms with E-state index in [1.165, 1.54) is 30.9 Å². The minimum Gasteiger partial charge on any atom is -0.493 e. The number of fused-ring (bicyclic) bond motifs is 4. The second-order valence-electron chi connectivity index (χ2n) is 8.68. The maximum atomic E-state index is 13.7. The number of halogens is 1. The van der Waals surface area contributed by atoms with Crippen molar-refractivity contribution in [3.8, 4) is 23.0 Å². The molecule has 0 aliphatic carbocycles. The molecule has 172 valence electrons. The lowest BCUT2D eigenvalue weighted by Crippen LogP contribution is -2.38. The highest BCUT2D eigenvalue weighted by atomic mass is 19.1. The fourth-order valence-electron chi connectivity index (χ4n) is 5.27. The predicted molar refractivity (Wildman–Crippen MR) is 127 cm³/mol. The van der Waals surface area contributed by atoms with E-state index < -0.39 is 11.8 Å². The molecule has 0 fully saturated rings. The Kier molecular flexibility index (Phi) is 4.18. The van der Waals surface area contributed by atoms with E-state index >= 15 is 0 Å². The minimum absolute atomic E-state index is 0.130. The average molecular weight is 468 g/mol. The van der Waals surface area contributed by atoms with Gasteiger partial charge in [0, 0.05) is 17.2 Å². The van der Waals surface area contributed by atoms with Gasteiger partial charge in [-0.15, -0.1) is 0 Å². The van der Waals surface area contributed by atoms with Crippen LogP contribution in [0.15, 0.2) is 60.8 Å². The summed E-state index contributed by atoms with van der Waals surface area (Å²) in [6, 6.07) is 15.4. The molecule has 0 saturated carbocycles. The third-order valence-corrected chi connectivity index (χ3v) is 6.81. The first-order valence-corrected chi connectivity index (χ1v) is 11.3. The van der Waals surface area contributed by atoms with Crippen LogP contribution in [0.5, 0.6) is 23.0 Å². The number of benzene rings is 4. The van der Waals surface area contributed by atoms with Crippen LogP contribution in [0, 0.1) is 5.82 Å². The van der Waals surface area contributed by atoms with Crippen LogP contribution in [0.1, 0.15) is 15.9 Å². The number of esters is 1. The maximum absolute atomic E-state index is 13.7. The van der Waals surface area contributed by atoms with Crippen molar-refractivity contribution in [1.82, 2.24) is 0 Å². The largest absolute Gasteiger partial charge is 0.493 e. The lowest BCUT2D eigenvalue weighted by molar-refractivity contribution is -0.670. The van der Waals surface area contributed by atoms with Gasteiger partial charge in [-0.25, -0.2) is 9.18 Å². The monoisotopic (exact) mass is 468 g/mol. The first-order chi connectivity index (χ1) is 17.1. The molecular weight excluding hydrogens is 449 g/mol. The average Bonchev–Trinajstić information content (AvgIpc) is 3.35. The van der Waals surface area contributed by atoms with Crippen LogP contribution >= 0.6 is 0 Å². The van der Waals surface area contributed by atoms with Gasteiger partial charge in [0.1, 0.15) is 5.82 Å². The number of ether oxygens (including phenoxy) is 4. The molecule has 3 heterocycles. The van der Waals surface area contributed by atoms with E-state index in [2.05, 4.69) is 22.8 Å². The van der Waals surface area contributed by atoms with Crippen molar-refractivity contribution < 1.29 is 32.7 Å². The smallest absolute Gasteiger partial charge is 0.343 e. The van der Waals surface area contributed by atoms with Gasteiger partial charge < -0.3 is 18.9 Å². The fraction of sp³-hybridized carbons (Fsp3) is 0.143. The molecule has 0 atom stereocenters. The van der Waals surface area contributed by atoms with Crippen molar-refractivity contribution >= 4 is 38.4 Å². The van der Waals surface area contributed by atoms with E-state index in [0.29, 0.717) is 11.5 Å². The first-order valence-electron chi connectivity index (χ1n) is 11.3. The van der Waals surface area contributed by atoms with Crippen molar-refractivity contribution in [3.05, 3.63) is 77.7 Å². The molecule has 0 radical (unpaired) electrons. The van der Waals surface area contributed by atoms with Crippen LogP contribution < -0.4 is 23.5 Å². The molecule has 0 bridgehead atoms. The molecule has 0 N–H and O–H groups in total. The summed E-state index contributed by atoms with van der Waals surface area (Å²) in [5.74, 6) is 1.15. The second-order valence-corrected chi connectivity index (χ2v) is 8.68. The van der Waals surface area contributed by atoms with Crippen LogP contribution in [0.25, 0.3) is 32.4 Å². The minimum atomic E-state index is -0.650. The van der Waals surface area contributed by atoms with Gasteiger partial charge in [0.2, 0.25) is 12.3 Å². The molecule has 0 amide bonds. The van der Waals surface area contributed by atoms with Crippen molar-refractivity contribution in [2.24, 2.45) is 0 Å². The third kappa shape index (κ3) is 2.87. The quantitative estimate of drug-likeness (QED) is 0.160. The summed E-state index contributed by atoms with van der Waals surface area (Å²) in [5.41, 5.74) is 2.45. The number of hydrogen-bond acceptors (Lipinski definition) is 5. The molecule has 2 aliphatic rings. The van der Waals surface area contributed by atoms with Gasteiger partial charge in [-0.3, -0.25) is 0 Å². The highest BCUT2D eigenvalue weighted by Crippen LogP contribution is 2.46. The van der Waals surface area contributed by atoms with E-state index in [0.717, 1.165) is 63.0 Å². The summed E-state index contributed by atoms with van der Waals surface area (Å²) in [6.45, 7) is 0.982. The Hall–Kier alpha value is -4.39. The Labute approximate surface area is 199 Å². The molecule has 7 rings (SSSR count). The Balaban J connectivity index is 1.49. The zero-order valence-electron chi connectivity index (χ0n) is 18.8. The summed E-state index contributed by atoms with van der Waals surface area (Å²) in [6.07, 6.45) is 2.83. The fourth-order valence-corrected chi connectivity index (χ4v) is 5.27. The van der Waals surface area contributed by atoms with Crippen LogP contribution in [0.2, 0.25) is 0 Å². The summed E-state index contributed by atoms with van der Waals surface area (Å²) < 4.78 is 38.7. The van der Waals surface area contributed by atoms with Gasteiger partial charge in [0.05, 0.1) is 28.8 Å². The first kappa shape index (κ1) is 20.0. The molecule has 7 heteroatoms. The van der Waals surface area contributed by atoms with E-state index in [-0.39, 0.29) is 12.4 Å². The number of carbonyl (C=O) groups excluding carboxylic acids is 1. The van der Waals surface area contributed by atoms with Gasteiger partial charge in [-0.2, -0.15) is 4.57 Å². The SMILES string of the molecule is COc1ccc2c(c[n+]3c4c2ccc2c5c(cc(c24)CC3)OCO5)c1OC(=O)c1cccc(F)c1.